The van der Waals surface area contributed by atoms with E-state index >= 15 is 0 Å². The number of fused-ring (bicyclic) bond motifs is 1. The lowest BCUT2D eigenvalue weighted by Crippen LogP contribution is -2.05. The van der Waals surface area contributed by atoms with Crippen LogP contribution in [0.4, 0.5) is 13.2 Å². The van der Waals surface area contributed by atoms with Gasteiger partial charge in [0, 0.05) is 10.6 Å². The number of rotatable bonds is 4. The highest BCUT2D eigenvalue weighted by molar-refractivity contribution is 6.31. The van der Waals surface area contributed by atoms with Crippen molar-refractivity contribution >= 4 is 22.6 Å². The molecule has 0 saturated carbocycles. The van der Waals surface area contributed by atoms with Crippen LogP contribution < -0.4 is 4.74 Å². The fourth-order valence-electron chi connectivity index (χ4n) is 3.30. The number of phenolic OH excluding ortho intramolecular Hbond substituents is 1. The van der Waals surface area contributed by atoms with E-state index in [1.54, 1.807) is 28.8 Å². The van der Waals surface area contributed by atoms with Crippen LogP contribution in [0.1, 0.15) is 11.1 Å². The lowest BCUT2D eigenvalue weighted by molar-refractivity contribution is -0.137. The van der Waals surface area contributed by atoms with Gasteiger partial charge in [-0.3, -0.25) is 0 Å². The molecule has 0 atom stereocenters. The van der Waals surface area contributed by atoms with Gasteiger partial charge in [-0.05, 0) is 48.0 Å². The minimum atomic E-state index is -4.47. The fourth-order valence-corrected chi connectivity index (χ4v) is 3.50. The van der Waals surface area contributed by atoms with Crippen LogP contribution in [0, 0.1) is 0 Å². The van der Waals surface area contributed by atoms with Crippen LogP contribution in [-0.4, -0.2) is 21.8 Å². The first-order chi connectivity index (χ1) is 14.3. The van der Waals surface area contributed by atoms with Crippen molar-refractivity contribution in [3.8, 4) is 22.9 Å². The van der Waals surface area contributed by atoms with E-state index in [4.69, 9.17) is 16.3 Å². The van der Waals surface area contributed by atoms with Crippen LogP contribution in [-0.2, 0) is 12.7 Å². The van der Waals surface area contributed by atoms with Gasteiger partial charge in [-0.1, -0.05) is 29.8 Å². The molecule has 4 nitrogen and oxygen atoms in total. The zero-order chi connectivity index (χ0) is 21.5. The molecule has 0 radical (unpaired) electrons. The minimum Gasteiger partial charge on any atom is -0.504 e. The molecular formula is C22H16ClF3N2O2. The Labute approximate surface area is 175 Å². The number of methoxy groups -OCH3 is 1. The molecule has 0 aliphatic carbocycles. The number of aromatic hydroxyl groups is 1. The molecule has 30 heavy (non-hydrogen) atoms. The molecule has 4 aromatic rings. The van der Waals surface area contributed by atoms with Gasteiger partial charge in [-0.15, -0.1) is 0 Å². The van der Waals surface area contributed by atoms with Gasteiger partial charge in [0.15, 0.2) is 11.5 Å². The molecule has 1 N–H and O–H groups in total. The summed E-state index contributed by atoms with van der Waals surface area (Å²) < 4.78 is 46.5. The van der Waals surface area contributed by atoms with Crippen molar-refractivity contribution < 1.29 is 23.0 Å². The number of imidazole rings is 1. The van der Waals surface area contributed by atoms with Crippen LogP contribution >= 0.6 is 11.6 Å². The van der Waals surface area contributed by atoms with Gasteiger partial charge >= 0.3 is 6.18 Å². The third kappa shape index (κ3) is 3.68. The second-order valence-electron chi connectivity index (χ2n) is 6.70. The number of phenols is 1. The Bertz CT molecular complexity index is 1240. The van der Waals surface area contributed by atoms with Crippen molar-refractivity contribution in [1.82, 2.24) is 9.55 Å². The summed E-state index contributed by atoms with van der Waals surface area (Å²) in [6.07, 6.45) is -4.47. The maximum Gasteiger partial charge on any atom is 0.416 e. The van der Waals surface area contributed by atoms with E-state index in [1.165, 1.54) is 19.2 Å². The van der Waals surface area contributed by atoms with E-state index < -0.39 is 11.7 Å². The van der Waals surface area contributed by atoms with Crippen molar-refractivity contribution in [1.29, 1.82) is 0 Å². The Morgan fingerprint density at radius 3 is 2.53 bits per heavy atom. The molecule has 0 saturated heterocycles. The Hall–Kier alpha value is -3.19. The summed E-state index contributed by atoms with van der Waals surface area (Å²) >= 11 is 6.31. The zero-order valence-corrected chi connectivity index (χ0v) is 16.5. The molecule has 8 heteroatoms. The Balaban J connectivity index is 1.94. The summed E-state index contributed by atoms with van der Waals surface area (Å²) in [7, 11) is 1.42. The lowest BCUT2D eigenvalue weighted by Gasteiger charge is -2.12. The maximum absolute atomic E-state index is 13.2. The molecular weight excluding hydrogens is 417 g/mol. The largest absolute Gasteiger partial charge is 0.504 e. The molecule has 0 aliphatic heterocycles. The van der Waals surface area contributed by atoms with Crippen molar-refractivity contribution in [3.05, 3.63) is 76.8 Å². The quantitative estimate of drug-likeness (QED) is 0.421. The number of aromatic nitrogens is 2. The molecule has 3 aromatic carbocycles. The van der Waals surface area contributed by atoms with Gasteiger partial charge < -0.3 is 14.4 Å². The van der Waals surface area contributed by atoms with Gasteiger partial charge in [0.25, 0.3) is 0 Å². The van der Waals surface area contributed by atoms with Crippen molar-refractivity contribution in [2.45, 2.75) is 12.7 Å². The normalized spacial score (nSPS) is 11.8. The monoisotopic (exact) mass is 432 g/mol. The van der Waals surface area contributed by atoms with Crippen molar-refractivity contribution in [2.75, 3.05) is 7.11 Å². The average molecular weight is 433 g/mol. The van der Waals surface area contributed by atoms with E-state index in [9.17, 15) is 18.3 Å². The van der Waals surface area contributed by atoms with Crippen LogP contribution in [0.15, 0.2) is 60.7 Å². The summed E-state index contributed by atoms with van der Waals surface area (Å²) in [6.45, 7) is 0.306. The zero-order valence-electron chi connectivity index (χ0n) is 15.7. The van der Waals surface area contributed by atoms with Crippen LogP contribution in [0.25, 0.3) is 22.4 Å². The topological polar surface area (TPSA) is 47.3 Å². The van der Waals surface area contributed by atoms with Crippen LogP contribution in [0.5, 0.6) is 11.5 Å². The Kier molecular flexibility index (Phi) is 5.07. The molecule has 0 fully saturated rings. The van der Waals surface area contributed by atoms with Gasteiger partial charge in [0.1, 0.15) is 5.82 Å². The standard InChI is InChI=1S/C22H16ClF3N2O2/c1-30-20-10-13(6-9-19(20)29)21-27-17-11-15(22(24,25)26)7-8-18(17)28(21)12-14-4-2-3-5-16(14)23/h2-11,29H,12H2,1H3. The predicted octanol–water partition coefficient (Wildman–Crippen LogP) is 6.14. The predicted molar refractivity (Wildman–Crippen MR) is 109 cm³/mol. The molecule has 0 aliphatic rings. The van der Waals surface area contributed by atoms with Gasteiger partial charge in [-0.25, -0.2) is 4.98 Å². The number of hydrogen-bond acceptors (Lipinski definition) is 3. The number of ether oxygens (including phenoxy) is 1. The smallest absolute Gasteiger partial charge is 0.416 e. The second kappa shape index (κ2) is 7.57. The van der Waals surface area contributed by atoms with E-state index in [-0.39, 0.29) is 17.0 Å². The van der Waals surface area contributed by atoms with Gasteiger partial charge in [-0.2, -0.15) is 13.2 Å². The number of nitrogens with zero attached hydrogens (tertiary/aromatic N) is 2. The summed E-state index contributed by atoms with van der Waals surface area (Å²) in [6, 6.07) is 15.4. The molecule has 0 unspecified atom stereocenters. The van der Waals surface area contributed by atoms with Crippen LogP contribution in [0.3, 0.4) is 0 Å². The highest BCUT2D eigenvalue weighted by Gasteiger charge is 2.31. The average Bonchev–Trinajstić information content (AvgIpc) is 3.07. The highest BCUT2D eigenvalue weighted by Crippen LogP contribution is 2.36. The molecule has 0 bridgehead atoms. The van der Waals surface area contributed by atoms with Crippen molar-refractivity contribution in [2.24, 2.45) is 0 Å². The fraction of sp³-hybridized carbons (Fsp3) is 0.136. The third-order valence-electron chi connectivity index (χ3n) is 4.80. The Morgan fingerprint density at radius 1 is 1.07 bits per heavy atom. The number of hydrogen-bond donors (Lipinski definition) is 1. The number of alkyl halides is 3. The lowest BCUT2D eigenvalue weighted by atomic mass is 10.1. The van der Waals surface area contributed by atoms with Gasteiger partial charge in [0.05, 0.1) is 30.3 Å². The van der Waals surface area contributed by atoms with E-state index in [0.717, 1.165) is 17.7 Å². The number of benzene rings is 3. The summed E-state index contributed by atoms with van der Waals surface area (Å²) in [5, 5.41) is 10.4. The van der Waals surface area contributed by atoms with E-state index in [2.05, 4.69) is 4.98 Å². The molecule has 0 amide bonds. The first kappa shape index (κ1) is 20.1. The first-order valence-corrected chi connectivity index (χ1v) is 9.34. The highest BCUT2D eigenvalue weighted by atomic mass is 35.5. The second-order valence-corrected chi connectivity index (χ2v) is 7.11. The summed E-state index contributed by atoms with van der Waals surface area (Å²) in [5.41, 5.74) is 1.35. The van der Waals surface area contributed by atoms with Gasteiger partial charge in [0.2, 0.25) is 0 Å². The SMILES string of the molecule is COc1cc(-c2nc3cc(C(F)(F)F)ccc3n2Cc2ccccc2Cl)ccc1O. The Morgan fingerprint density at radius 2 is 1.83 bits per heavy atom. The molecule has 4 rings (SSSR count). The first-order valence-electron chi connectivity index (χ1n) is 8.96. The minimum absolute atomic E-state index is 0.0469. The molecule has 0 spiro atoms. The number of halogens is 4. The maximum atomic E-state index is 13.2. The summed E-state index contributed by atoms with van der Waals surface area (Å²) in [4.78, 5) is 4.47. The molecule has 1 heterocycles. The third-order valence-corrected chi connectivity index (χ3v) is 5.17. The molecule has 154 valence electrons. The summed E-state index contributed by atoms with van der Waals surface area (Å²) in [5.74, 6) is 0.622. The van der Waals surface area contributed by atoms with Crippen molar-refractivity contribution in [3.63, 3.8) is 0 Å². The molecule has 1 aromatic heterocycles. The van der Waals surface area contributed by atoms with E-state index in [0.29, 0.717) is 28.5 Å². The van der Waals surface area contributed by atoms with E-state index in [1.807, 2.05) is 12.1 Å². The van der Waals surface area contributed by atoms with Crippen LogP contribution in [0.2, 0.25) is 5.02 Å².